The molecule has 0 radical (unpaired) electrons. The van der Waals surface area contributed by atoms with Crippen LogP contribution in [0.2, 0.25) is 0 Å². The van der Waals surface area contributed by atoms with E-state index in [0.717, 1.165) is 6.07 Å². The van der Waals surface area contributed by atoms with Crippen LogP contribution < -0.4 is 5.32 Å². The normalized spacial score (nSPS) is 10.9. The van der Waals surface area contributed by atoms with E-state index in [2.05, 4.69) is 5.32 Å². The SMILES string of the molecule is Cc1ccc([N+](=O)[O-])cc1C(=O)NC(C)(C)C(=O)O. The number of carboxylic acid groups (broad SMARTS) is 1. The Labute approximate surface area is 109 Å². The Morgan fingerprint density at radius 2 is 1.95 bits per heavy atom. The number of non-ortho nitro benzene ring substituents is 1. The van der Waals surface area contributed by atoms with Gasteiger partial charge in [-0.25, -0.2) is 4.79 Å². The third-order valence-electron chi connectivity index (χ3n) is 2.64. The molecule has 0 aromatic heterocycles. The second-order valence-corrected chi connectivity index (χ2v) is 4.64. The molecule has 0 saturated carbocycles. The van der Waals surface area contributed by atoms with Crippen LogP contribution in [-0.4, -0.2) is 27.4 Å². The zero-order valence-electron chi connectivity index (χ0n) is 10.8. The molecule has 0 bridgehead atoms. The summed E-state index contributed by atoms with van der Waals surface area (Å²) >= 11 is 0. The highest BCUT2D eigenvalue weighted by molar-refractivity contribution is 5.99. The maximum atomic E-state index is 12.0. The number of nitro benzene ring substituents is 1. The second-order valence-electron chi connectivity index (χ2n) is 4.64. The molecule has 0 aliphatic heterocycles. The molecule has 7 nitrogen and oxygen atoms in total. The maximum Gasteiger partial charge on any atom is 0.328 e. The molecule has 1 amide bonds. The number of benzene rings is 1. The van der Waals surface area contributed by atoms with E-state index in [4.69, 9.17) is 5.11 Å². The summed E-state index contributed by atoms with van der Waals surface area (Å²) in [6.45, 7) is 4.28. The van der Waals surface area contributed by atoms with Gasteiger partial charge < -0.3 is 10.4 Å². The molecule has 0 saturated heterocycles. The summed E-state index contributed by atoms with van der Waals surface area (Å²) in [5.74, 6) is -1.85. The van der Waals surface area contributed by atoms with Gasteiger partial charge in [-0.15, -0.1) is 0 Å². The highest BCUT2D eigenvalue weighted by atomic mass is 16.6. The zero-order valence-corrected chi connectivity index (χ0v) is 10.8. The van der Waals surface area contributed by atoms with Crippen LogP contribution in [0.5, 0.6) is 0 Å². The van der Waals surface area contributed by atoms with Crippen LogP contribution in [0.25, 0.3) is 0 Å². The number of nitrogens with zero attached hydrogens (tertiary/aromatic N) is 1. The molecule has 1 rings (SSSR count). The molecule has 0 fully saturated rings. The van der Waals surface area contributed by atoms with E-state index in [1.54, 1.807) is 6.92 Å². The first-order valence-corrected chi connectivity index (χ1v) is 5.46. The molecule has 0 aliphatic rings. The lowest BCUT2D eigenvalue weighted by molar-refractivity contribution is -0.384. The fourth-order valence-electron chi connectivity index (χ4n) is 1.37. The first-order chi connectivity index (χ1) is 8.65. The number of nitro groups is 1. The van der Waals surface area contributed by atoms with Gasteiger partial charge in [-0.1, -0.05) is 6.07 Å². The van der Waals surface area contributed by atoms with Gasteiger partial charge in [0.25, 0.3) is 11.6 Å². The Morgan fingerprint density at radius 1 is 1.37 bits per heavy atom. The topological polar surface area (TPSA) is 110 Å². The fourth-order valence-corrected chi connectivity index (χ4v) is 1.37. The standard InChI is InChI=1S/C12H14N2O5/c1-7-4-5-8(14(18)19)6-9(7)10(15)13-12(2,3)11(16)17/h4-6H,1-3H3,(H,13,15)(H,16,17). The molecule has 2 N–H and O–H groups in total. The summed E-state index contributed by atoms with van der Waals surface area (Å²) in [7, 11) is 0. The van der Waals surface area contributed by atoms with Crippen LogP contribution in [0, 0.1) is 17.0 Å². The lowest BCUT2D eigenvalue weighted by Crippen LogP contribution is -2.49. The molecule has 0 atom stereocenters. The highest BCUT2D eigenvalue weighted by Gasteiger charge is 2.30. The van der Waals surface area contributed by atoms with Gasteiger partial charge in [-0.2, -0.15) is 0 Å². The summed E-state index contributed by atoms with van der Waals surface area (Å²) < 4.78 is 0. The average molecular weight is 266 g/mol. The Balaban J connectivity index is 3.09. The summed E-state index contributed by atoms with van der Waals surface area (Å²) in [6, 6.07) is 3.86. The zero-order chi connectivity index (χ0) is 14.8. The molecule has 1 aromatic rings. The number of rotatable bonds is 4. The van der Waals surface area contributed by atoms with Crippen LogP contribution >= 0.6 is 0 Å². The van der Waals surface area contributed by atoms with Crippen LogP contribution in [0.1, 0.15) is 29.8 Å². The summed E-state index contributed by atoms with van der Waals surface area (Å²) in [6.07, 6.45) is 0. The third kappa shape index (κ3) is 3.27. The summed E-state index contributed by atoms with van der Waals surface area (Å²) in [5.41, 5.74) is -1.05. The van der Waals surface area contributed by atoms with Gasteiger partial charge in [0.1, 0.15) is 5.54 Å². The van der Waals surface area contributed by atoms with E-state index in [0.29, 0.717) is 5.56 Å². The first-order valence-electron chi connectivity index (χ1n) is 5.46. The Morgan fingerprint density at radius 3 is 2.42 bits per heavy atom. The average Bonchev–Trinajstić information content (AvgIpc) is 2.28. The van der Waals surface area contributed by atoms with Gasteiger partial charge in [0.2, 0.25) is 0 Å². The fraction of sp³-hybridized carbons (Fsp3) is 0.333. The van der Waals surface area contributed by atoms with E-state index < -0.39 is 22.3 Å². The van der Waals surface area contributed by atoms with Gasteiger partial charge in [0.05, 0.1) is 4.92 Å². The summed E-state index contributed by atoms with van der Waals surface area (Å²) in [5, 5.41) is 21.9. The number of aliphatic carboxylic acids is 1. The maximum absolute atomic E-state index is 12.0. The van der Waals surface area contributed by atoms with Crippen molar-refractivity contribution in [1.82, 2.24) is 5.32 Å². The van der Waals surface area contributed by atoms with Crippen molar-refractivity contribution in [1.29, 1.82) is 0 Å². The minimum Gasteiger partial charge on any atom is -0.480 e. The van der Waals surface area contributed by atoms with Crippen molar-refractivity contribution in [2.24, 2.45) is 0 Å². The molecule has 19 heavy (non-hydrogen) atoms. The van der Waals surface area contributed by atoms with Gasteiger partial charge in [-0.3, -0.25) is 14.9 Å². The highest BCUT2D eigenvalue weighted by Crippen LogP contribution is 2.18. The lowest BCUT2D eigenvalue weighted by Gasteiger charge is -2.21. The number of carbonyl (C=O) groups is 2. The van der Waals surface area contributed by atoms with Crippen molar-refractivity contribution >= 4 is 17.6 Å². The molecule has 102 valence electrons. The minimum absolute atomic E-state index is 0.0866. The van der Waals surface area contributed by atoms with Gasteiger partial charge in [0.15, 0.2) is 0 Å². The Kier molecular flexibility index (Phi) is 3.89. The quantitative estimate of drug-likeness (QED) is 0.633. The van der Waals surface area contributed by atoms with E-state index >= 15 is 0 Å². The van der Waals surface area contributed by atoms with Crippen molar-refractivity contribution in [3.8, 4) is 0 Å². The number of nitrogens with one attached hydrogen (secondary N) is 1. The molecule has 7 heteroatoms. The third-order valence-corrected chi connectivity index (χ3v) is 2.64. The second kappa shape index (κ2) is 5.05. The van der Waals surface area contributed by atoms with Gasteiger partial charge in [0, 0.05) is 17.7 Å². The summed E-state index contributed by atoms with van der Waals surface area (Å²) in [4.78, 5) is 32.9. The lowest BCUT2D eigenvalue weighted by atomic mass is 10.0. The number of aryl methyl sites for hydroxylation is 1. The van der Waals surface area contributed by atoms with E-state index in [-0.39, 0.29) is 11.3 Å². The van der Waals surface area contributed by atoms with Crippen LogP contribution in [0.15, 0.2) is 18.2 Å². The molecule has 1 aromatic carbocycles. The number of hydrogen-bond donors (Lipinski definition) is 2. The molecular weight excluding hydrogens is 252 g/mol. The molecule has 0 aliphatic carbocycles. The Hall–Kier alpha value is -2.44. The van der Waals surface area contributed by atoms with Crippen molar-refractivity contribution < 1.29 is 19.6 Å². The van der Waals surface area contributed by atoms with Gasteiger partial charge in [-0.05, 0) is 26.3 Å². The van der Waals surface area contributed by atoms with Crippen molar-refractivity contribution in [3.63, 3.8) is 0 Å². The minimum atomic E-state index is -1.45. The van der Waals surface area contributed by atoms with Crippen molar-refractivity contribution in [2.75, 3.05) is 0 Å². The molecule has 0 spiro atoms. The largest absolute Gasteiger partial charge is 0.480 e. The van der Waals surface area contributed by atoms with Crippen molar-refractivity contribution in [3.05, 3.63) is 39.4 Å². The Bertz CT molecular complexity index is 551. The van der Waals surface area contributed by atoms with E-state index in [1.807, 2.05) is 0 Å². The number of hydrogen-bond acceptors (Lipinski definition) is 4. The molecular formula is C12H14N2O5. The van der Waals surface area contributed by atoms with Crippen LogP contribution in [0.3, 0.4) is 0 Å². The predicted molar refractivity (Wildman–Crippen MR) is 67.0 cm³/mol. The first kappa shape index (κ1) is 14.6. The van der Waals surface area contributed by atoms with E-state index in [1.165, 1.54) is 26.0 Å². The van der Waals surface area contributed by atoms with Crippen LogP contribution in [-0.2, 0) is 4.79 Å². The molecule has 0 heterocycles. The van der Waals surface area contributed by atoms with Gasteiger partial charge >= 0.3 is 5.97 Å². The predicted octanol–water partition coefficient (Wildman–Crippen LogP) is 1.50. The smallest absolute Gasteiger partial charge is 0.328 e. The van der Waals surface area contributed by atoms with E-state index in [9.17, 15) is 19.7 Å². The monoisotopic (exact) mass is 266 g/mol. The van der Waals surface area contributed by atoms with Crippen LogP contribution in [0.4, 0.5) is 5.69 Å². The number of carboxylic acids is 1. The number of amides is 1. The number of carbonyl (C=O) groups excluding carboxylic acids is 1. The molecule has 0 unspecified atom stereocenters. The van der Waals surface area contributed by atoms with Crippen molar-refractivity contribution in [2.45, 2.75) is 26.3 Å².